The first-order valence-corrected chi connectivity index (χ1v) is 6.80. The van der Waals surface area contributed by atoms with Gasteiger partial charge in [0, 0.05) is 0 Å². The summed E-state index contributed by atoms with van der Waals surface area (Å²) in [6, 6.07) is 13.6. The zero-order chi connectivity index (χ0) is 14.8. The molecular formula is C17H20O3. The second-order valence-corrected chi connectivity index (χ2v) is 5.16. The highest BCUT2D eigenvalue weighted by Gasteiger charge is 2.39. The average molecular weight is 272 g/mol. The summed E-state index contributed by atoms with van der Waals surface area (Å²) in [5.41, 5.74) is -0.504. The number of rotatable bonds is 4. The number of aliphatic hydroxyl groups is 1. The van der Waals surface area contributed by atoms with Gasteiger partial charge in [-0.15, -0.1) is 0 Å². The van der Waals surface area contributed by atoms with Crippen molar-refractivity contribution in [3.63, 3.8) is 0 Å². The quantitative estimate of drug-likeness (QED) is 0.869. The first-order chi connectivity index (χ1) is 9.52. The normalized spacial score (nSPS) is 15.6. The number of carbonyl (C=O) groups excluding carboxylic acids is 1. The highest BCUT2D eigenvalue weighted by molar-refractivity contribution is 5.87. The third-order valence-electron chi connectivity index (χ3n) is 3.91. The zero-order valence-corrected chi connectivity index (χ0v) is 12.1. The van der Waals surface area contributed by atoms with Gasteiger partial charge in [-0.25, -0.2) is 0 Å². The largest absolute Gasteiger partial charge is 0.469 e. The van der Waals surface area contributed by atoms with Crippen molar-refractivity contribution in [3.05, 3.63) is 48.0 Å². The van der Waals surface area contributed by atoms with Gasteiger partial charge in [0.1, 0.15) is 5.60 Å². The van der Waals surface area contributed by atoms with Crippen molar-refractivity contribution in [1.29, 1.82) is 0 Å². The molecule has 0 aliphatic heterocycles. The second-order valence-electron chi connectivity index (χ2n) is 5.16. The number of methoxy groups -OCH3 is 1. The Bertz CT molecular complexity index is 611. The van der Waals surface area contributed by atoms with Gasteiger partial charge in [-0.1, -0.05) is 49.4 Å². The van der Waals surface area contributed by atoms with E-state index < -0.39 is 11.5 Å². The van der Waals surface area contributed by atoms with Crippen molar-refractivity contribution in [2.24, 2.45) is 5.92 Å². The Labute approximate surface area is 119 Å². The van der Waals surface area contributed by atoms with Crippen LogP contribution in [0.1, 0.15) is 25.8 Å². The minimum atomic E-state index is -1.26. The summed E-state index contributed by atoms with van der Waals surface area (Å²) in [4.78, 5) is 11.9. The number of esters is 1. The van der Waals surface area contributed by atoms with Crippen LogP contribution >= 0.6 is 0 Å². The molecule has 0 fully saturated rings. The van der Waals surface area contributed by atoms with Crippen LogP contribution in [-0.2, 0) is 15.1 Å². The van der Waals surface area contributed by atoms with Crippen LogP contribution in [-0.4, -0.2) is 18.2 Å². The van der Waals surface area contributed by atoms with E-state index in [0.717, 1.165) is 16.3 Å². The number of carbonyl (C=O) groups is 1. The first-order valence-electron chi connectivity index (χ1n) is 6.80. The van der Waals surface area contributed by atoms with Crippen LogP contribution in [0.25, 0.3) is 10.8 Å². The summed E-state index contributed by atoms with van der Waals surface area (Å²) in [6.45, 7) is 3.56. The molecule has 2 aromatic rings. The third-order valence-corrected chi connectivity index (χ3v) is 3.91. The molecule has 0 radical (unpaired) electrons. The van der Waals surface area contributed by atoms with Gasteiger partial charge >= 0.3 is 5.97 Å². The maximum Gasteiger partial charge on any atom is 0.311 e. The van der Waals surface area contributed by atoms with E-state index >= 15 is 0 Å². The number of ether oxygens (including phenoxy) is 1. The van der Waals surface area contributed by atoms with Crippen molar-refractivity contribution >= 4 is 16.7 Å². The lowest BCUT2D eigenvalue weighted by Crippen LogP contribution is -2.37. The van der Waals surface area contributed by atoms with Crippen LogP contribution in [0.15, 0.2) is 42.5 Å². The summed E-state index contributed by atoms with van der Waals surface area (Å²) in [7, 11) is 1.35. The highest BCUT2D eigenvalue weighted by atomic mass is 16.5. The van der Waals surface area contributed by atoms with Crippen LogP contribution in [0.4, 0.5) is 0 Å². The molecular weight excluding hydrogens is 252 g/mol. The lowest BCUT2D eigenvalue weighted by atomic mass is 9.79. The molecule has 2 aromatic carbocycles. The lowest BCUT2D eigenvalue weighted by molar-refractivity contribution is -0.155. The van der Waals surface area contributed by atoms with Crippen LogP contribution in [0.3, 0.4) is 0 Å². The summed E-state index contributed by atoms with van der Waals surface area (Å²) < 4.78 is 4.82. The fraction of sp³-hybridized carbons (Fsp3) is 0.353. The van der Waals surface area contributed by atoms with Crippen molar-refractivity contribution in [3.8, 4) is 0 Å². The monoisotopic (exact) mass is 272 g/mol. The van der Waals surface area contributed by atoms with Gasteiger partial charge in [0.05, 0.1) is 13.0 Å². The third kappa shape index (κ3) is 2.41. The van der Waals surface area contributed by atoms with Crippen LogP contribution in [0.2, 0.25) is 0 Å². The molecule has 3 heteroatoms. The number of hydrogen-bond donors (Lipinski definition) is 1. The van der Waals surface area contributed by atoms with E-state index in [-0.39, 0.29) is 5.97 Å². The molecule has 0 aromatic heterocycles. The molecule has 2 atom stereocenters. The number of benzene rings is 2. The molecule has 0 saturated carbocycles. The van der Waals surface area contributed by atoms with Crippen LogP contribution < -0.4 is 0 Å². The topological polar surface area (TPSA) is 46.5 Å². The molecule has 2 unspecified atom stereocenters. The Morgan fingerprint density at radius 3 is 2.55 bits per heavy atom. The molecule has 0 saturated heterocycles. The lowest BCUT2D eigenvalue weighted by Gasteiger charge is -2.31. The Balaban J connectivity index is 2.58. The fourth-order valence-electron chi connectivity index (χ4n) is 2.79. The van der Waals surface area contributed by atoms with Gasteiger partial charge in [-0.2, -0.15) is 0 Å². The van der Waals surface area contributed by atoms with Gasteiger partial charge in [0.25, 0.3) is 0 Å². The smallest absolute Gasteiger partial charge is 0.311 e. The predicted molar refractivity (Wildman–Crippen MR) is 79.3 cm³/mol. The van der Waals surface area contributed by atoms with Crippen molar-refractivity contribution in [1.82, 2.24) is 0 Å². The first kappa shape index (κ1) is 14.5. The summed E-state index contributed by atoms with van der Waals surface area (Å²) in [5.74, 6) is -0.969. The van der Waals surface area contributed by atoms with Gasteiger partial charge in [-0.05, 0) is 29.7 Å². The highest BCUT2D eigenvalue weighted by Crippen LogP contribution is 2.36. The van der Waals surface area contributed by atoms with E-state index in [1.54, 1.807) is 6.92 Å². The maximum absolute atomic E-state index is 11.9. The van der Waals surface area contributed by atoms with E-state index in [2.05, 4.69) is 0 Å². The van der Waals surface area contributed by atoms with E-state index in [4.69, 9.17) is 4.74 Å². The molecule has 2 rings (SSSR count). The van der Waals surface area contributed by atoms with E-state index in [9.17, 15) is 9.90 Å². The van der Waals surface area contributed by atoms with E-state index in [1.807, 2.05) is 49.4 Å². The SMILES string of the molecule is CCC(C(=O)OC)C(C)(O)c1cccc2ccccc12. The van der Waals surface area contributed by atoms with Crippen molar-refractivity contribution in [2.75, 3.05) is 7.11 Å². The Morgan fingerprint density at radius 2 is 1.90 bits per heavy atom. The molecule has 0 heterocycles. The Kier molecular flexibility index (Phi) is 4.09. The molecule has 0 spiro atoms. The Hall–Kier alpha value is -1.87. The molecule has 106 valence electrons. The number of fused-ring (bicyclic) bond motifs is 1. The minimum Gasteiger partial charge on any atom is -0.469 e. The zero-order valence-electron chi connectivity index (χ0n) is 12.1. The Morgan fingerprint density at radius 1 is 1.25 bits per heavy atom. The predicted octanol–water partition coefficient (Wildman–Crippen LogP) is 3.25. The van der Waals surface area contributed by atoms with Gasteiger partial charge < -0.3 is 9.84 Å². The molecule has 0 bridgehead atoms. The second kappa shape index (κ2) is 5.63. The van der Waals surface area contributed by atoms with Gasteiger partial charge in [-0.3, -0.25) is 4.79 Å². The van der Waals surface area contributed by atoms with Crippen LogP contribution in [0, 0.1) is 5.92 Å². The minimum absolute atomic E-state index is 0.384. The van der Waals surface area contributed by atoms with E-state index in [1.165, 1.54) is 7.11 Å². The standard InChI is InChI=1S/C17H20O3/c1-4-14(16(18)20-3)17(2,19)15-11-7-9-12-8-5-6-10-13(12)15/h5-11,14,19H,4H2,1-3H3. The molecule has 1 N–H and O–H groups in total. The molecule has 0 aliphatic carbocycles. The van der Waals surface area contributed by atoms with Crippen molar-refractivity contribution < 1.29 is 14.6 Å². The van der Waals surface area contributed by atoms with Gasteiger partial charge in [0.2, 0.25) is 0 Å². The van der Waals surface area contributed by atoms with Gasteiger partial charge in [0.15, 0.2) is 0 Å². The summed E-state index contributed by atoms with van der Waals surface area (Å²) in [5, 5.41) is 13.0. The summed E-state index contributed by atoms with van der Waals surface area (Å²) in [6.07, 6.45) is 0.517. The number of hydrogen-bond acceptors (Lipinski definition) is 3. The summed E-state index contributed by atoms with van der Waals surface area (Å²) >= 11 is 0. The average Bonchev–Trinajstić information content (AvgIpc) is 2.46. The van der Waals surface area contributed by atoms with Crippen molar-refractivity contribution in [2.45, 2.75) is 25.9 Å². The molecule has 20 heavy (non-hydrogen) atoms. The van der Waals surface area contributed by atoms with E-state index in [0.29, 0.717) is 6.42 Å². The fourth-order valence-corrected chi connectivity index (χ4v) is 2.79. The molecule has 0 amide bonds. The molecule has 0 aliphatic rings. The van der Waals surface area contributed by atoms with Crippen LogP contribution in [0.5, 0.6) is 0 Å². The maximum atomic E-state index is 11.9. The molecule has 3 nitrogen and oxygen atoms in total.